The molecule has 8 rings (SSSR count). The molecule has 0 aromatic heterocycles. The number of hydrogen-bond acceptors (Lipinski definition) is 8. The molecule has 4 aliphatic heterocycles. The van der Waals surface area contributed by atoms with Gasteiger partial charge in [-0.3, -0.25) is 19.2 Å². The fraction of sp³-hybridized carbons (Fsp3) is 0.400. The van der Waals surface area contributed by atoms with Crippen molar-refractivity contribution in [1.29, 1.82) is 0 Å². The lowest BCUT2D eigenvalue weighted by atomic mass is 9.87. The fourth-order valence-electron chi connectivity index (χ4n) is 8.22. The Labute approximate surface area is 443 Å². The summed E-state index contributed by atoms with van der Waals surface area (Å²) in [5, 5.41) is 11.4. The molecule has 4 heterocycles. The first kappa shape index (κ1) is 57.7. The lowest BCUT2D eigenvalue weighted by Crippen LogP contribution is -2.34. The monoisotopic (exact) mass is 1200 g/mol. The summed E-state index contributed by atoms with van der Waals surface area (Å²) < 4.78 is 122. The number of aryl methyl sites for hydroxylation is 2. The van der Waals surface area contributed by atoms with Crippen molar-refractivity contribution in [3.8, 4) is 0 Å². The second-order valence-electron chi connectivity index (χ2n) is 18.2. The molecular formula is C50H48Cl2F9IN6O6. The Balaban J connectivity index is 0.000000227. The van der Waals surface area contributed by atoms with Gasteiger partial charge in [0.25, 0.3) is 11.8 Å². The summed E-state index contributed by atoms with van der Waals surface area (Å²) in [7, 11) is 0. The molecule has 2 saturated heterocycles. The molecule has 1 N–H and O–H groups in total. The maximum Gasteiger partial charge on any atom is 0.417 e. The molecule has 4 aliphatic rings. The minimum atomic E-state index is -4.94. The van der Waals surface area contributed by atoms with Crippen LogP contribution in [0.1, 0.15) is 112 Å². The van der Waals surface area contributed by atoms with Crippen LogP contribution >= 0.6 is 45.8 Å². The van der Waals surface area contributed by atoms with Gasteiger partial charge >= 0.3 is 18.5 Å². The van der Waals surface area contributed by atoms with Gasteiger partial charge < -0.3 is 29.7 Å². The number of rotatable bonds is 9. The molecule has 0 saturated carbocycles. The molecule has 0 radical (unpaired) electrons. The highest BCUT2D eigenvalue weighted by atomic mass is 127. The number of carbonyl (C=O) groups is 4. The number of benzene rings is 4. The molecule has 0 aliphatic carbocycles. The van der Waals surface area contributed by atoms with Gasteiger partial charge in [-0.2, -0.15) is 39.5 Å². The average molecular weight is 1200 g/mol. The van der Waals surface area contributed by atoms with E-state index in [9.17, 15) is 58.7 Å². The van der Waals surface area contributed by atoms with E-state index >= 15 is 0 Å². The zero-order valence-corrected chi connectivity index (χ0v) is 43.9. The van der Waals surface area contributed by atoms with Crippen molar-refractivity contribution in [3.63, 3.8) is 0 Å². The first-order valence-electron chi connectivity index (χ1n) is 22.7. The highest BCUT2D eigenvalue weighted by molar-refractivity contribution is 14.1. The number of nitrogens with zero attached hydrogens (tertiary/aromatic N) is 5. The van der Waals surface area contributed by atoms with Gasteiger partial charge in [-0.15, -0.1) is 0 Å². The van der Waals surface area contributed by atoms with Crippen LogP contribution in [0.3, 0.4) is 0 Å². The van der Waals surface area contributed by atoms with E-state index < -0.39 is 102 Å². The Hall–Kier alpha value is -5.62. The minimum absolute atomic E-state index is 0.0839. The number of nitrogens with one attached hydrogen (secondary N) is 1. The van der Waals surface area contributed by atoms with Crippen LogP contribution < -0.4 is 5.32 Å². The molecule has 12 nitrogen and oxygen atoms in total. The van der Waals surface area contributed by atoms with Crippen LogP contribution in [0.4, 0.5) is 39.5 Å². The molecule has 74 heavy (non-hydrogen) atoms. The molecule has 2 atom stereocenters. The van der Waals surface area contributed by atoms with Crippen molar-refractivity contribution in [2.75, 3.05) is 37.4 Å². The molecule has 0 bridgehead atoms. The maximum atomic E-state index is 14.0. The molecule has 4 aromatic rings. The van der Waals surface area contributed by atoms with Gasteiger partial charge in [0.2, 0.25) is 11.8 Å². The van der Waals surface area contributed by atoms with Gasteiger partial charge in [0.1, 0.15) is 13.1 Å². The van der Waals surface area contributed by atoms with Crippen molar-refractivity contribution in [2.45, 2.75) is 90.0 Å². The summed E-state index contributed by atoms with van der Waals surface area (Å²) in [5.74, 6) is -3.18. The number of oxime groups is 2. The zero-order chi connectivity index (χ0) is 54.7. The van der Waals surface area contributed by atoms with Crippen molar-refractivity contribution >= 4 is 80.8 Å². The zero-order valence-electron chi connectivity index (χ0n) is 40.2. The Bertz CT molecular complexity index is 2840. The molecule has 2 unspecified atom stereocenters. The predicted octanol–water partition coefficient (Wildman–Crippen LogP) is 12.0. The van der Waals surface area contributed by atoms with Crippen molar-refractivity contribution < 1.29 is 68.4 Å². The van der Waals surface area contributed by atoms with Gasteiger partial charge in [-0.1, -0.05) is 87.3 Å². The van der Waals surface area contributed by atoms with E-state index in [2.05, 4.69) is 45.1 Å². The summed E-state index contributed by atoms with van der Waals surface area (Å²) in [6.45, 7) is 7.15. The average Bonchev–Trinajstić information content (AvgIpc) is 4.13. The Kier molecular flexibility index (Phi) is 17.7. The Morgan fingerprint density at radius 3 is 1.53 bits per heavy atom. The van der Waals surface area contributed by atoms with E-state index in [0.29, 0.717) is 21.3 Å². The van der Waals surface area contributed by atoms with Crippen LogP contribution in [0, 0.1) is 13.8 Å². The van der Waals surface area contributed by atoms with Gasteiger partial charge in [0.05, 0.1) is 53.4 Å². The standard InChI is InChI=1S/C25H22ClF6N3O3.C22H19ClF3N3O3.C3H7I/c1-14-7-16(10-17(26)8-14)23(2)11-20(33-38-23)15-3-4-18(19(9-15)25(30,31)32)22(37)35-12-21(36)34(13-35)6-5-24(27,28)29;1-12-5-14(8-15(23)6-12)21(2)9-18(28-32-21)13-3-4-16(17(7-13)22(24,25)26)20(31)29-10-19(30)27-11-29;1-2-3-4/h3-4,7-10H,5-6,11-13H2,1-2H3;3-8H,9-11H2,1-2H3,(H,27,30);2-3H2,1H3. The molecular weight excluding hydrogens is 1150 g/mol. The van der Waals surface area contributed by atoms with E-state index in [1.807, 2.05) is 26.0 Å². The molecule has 2 fully saturated rings. The van der Waals surface area contributed by atoms with Crippen molar-refractivity contribution in [2.24, 2.45) is 10.3 Å². The number of amides is 4. The Morgan fingerprint density at radius 1 is 0.703 bits per heavy atom. The van der Waals surface area contributed by atoms with Crippen LogP contribution in [0.5, 0.6) is 0 Å². The van der Waals surface area contributed by atoms with E-state index in [-0.39, 0.29) is 42.9 Å². The molecule has 4 aromatic carbocycles. The third kappa shape index (κ3) is 14.0. The lowest BCUT2D eigenvalue weighted by molar-refractivity contribution is -0.143. The molecule has 4 amide bonds. The largest absolute Gasteiger partial charge is 0.417 e. The smallest absolute Gasteiger partial charge is 0.384 e. The number of hydrogen-bond donors (Lipinski definition) is 1. The summed E-state index contributed by atoms with van der Waals surface area (Å²) >= 11 is 14.6. The minimum Gasteiger partial charge on any atom is -0.384 e. The summed E-state index contributed by atoms with van der Waals surface area (Å²) in [6.07, 6.45) is -13.9. The maximum absolute atomic E-state index is 14.0. The predicted molar refractivity (Wildman–Crippen MR) is 266 cm³/mol. The first-order chi connectivity index (χ1) is 34.4. The summed E-state index contributed by atoms with van der Waals surface area (Å²) in [4.78, 5) is 62.8. The summed E-state index contributed by atoms with van der Waals surface area (Å²) in [5.41, 5.74) is -1.38. The normalized spacial score (nSPS) is 19.7. The van der Waals surface area contributed by atoms with Crippen LogP contribution in [-0.4, -0.2) is 93.3 Å². The van der Waals surface area contributed by atoms with Crippen LogP contribution in [0.2, 0.25) is 10.0 Å². The molecule has 24 heteroatoms. The van der Waals surface area contributed by atoms with Gasteiger partial charge in [0, 0.05) is 40.6 Å². The SMILES string of the molecule is CCCI.Cc1cc(Cl)cc(C2(C)CC(c3ccc(C(=O)N4CC(=O)N(CCC(F)(F)F)C4)c(C(F)(F)F)c3)=NO2)c1.Cc1cc(Cl)cc(C2(C)CC(c3ccc(C(=O)N4CNC(=O)C4)c(C(F)(F)F)c3)=NO2)c1. The molecule has 0 spiro atoms. The van der Waals surface area contributed by atoms with E-state index in [4.69, 9.17) is 32.9 Å². The second-order valence-corrected chi connectivity index (χ2v) is 20.2. The topological polar surface area (TPSA) is 133 Å². The highest BCUT2D eigenvalue weighted by Gasteiger charge is 2.44. The third-order valence-electron chi connectivity index (χ3n) is 12.1. The number of alkyl halides is 10. The highest BCUT2D eigenvalue weighted by Crippen LogP contribution is 2.42. The molecule has 398 valence electrons. The lowest BCUT2D eigenvalue weighted by Gasteiger charge is -2.23. The third-order valence-corrected chi connectivity index (χ3v) is 13.6. The van der Waals surface area contributed by atoms with Crippen LogP contribution in [0.15, 0.2) is 83.1 Å². The second kappa shape index (κ2) is 22.7. The fourth-order valence-corrected chi connectivity index (χ4v) is 8.80. The van der Waals surface area contributed by atoms with Gasteiger partial charge in [-0.05, 0) is 109 Å². The summed E-state index contributed by atoms with van der Waals surface area (Å²) in [6, 6.07) is 17.2. The van der Waals surface area contributed by atoms with Gasteiger partial charge in [0.15, 0.2) is 11.2 Å². The van der Waals surface area contributed by atoms with E-state index in [1.54, 1.807) is 38.1 Å². The van der Waals surface area contributed by atoms with Crippen molar-refractivity contribution in [3.05, 3.63) is 138 Å². The Morgan fingerprint density at radius 2 is 1.15 bits per heavy atom. The number of carbonyl (C=O) groups excluding carboxylic acids is 4. The van der Waals surface area contributed by atoms with Gasteiger partial charge in [-0.25, -0.2) is 0 Å². The number of halogens is 12. The first-order valence-corrected chi connectivity index (χ1v) is 25.0. The van der Waals surface area contributed by atoms with Crippen molar-refractivity contribution in [1.82, 2.24) is 20.0 Å². The van der Waals surface area contributed by atoms with Crippen LogP contribution in [0.25, 0.3) is 0 Å². The quantitative estimate of drug-likeness (QED) is 0.101. The van der Waals surface area contributed by atoms with Crippen LogP contribution in [-0.2, 0) is 42.8 Å². The van der Waals surface area contributed by atoms with E-state index in [0.717, 1.165) is 55.7 Å². The van der Waals surface area contributed by atoms with E-state index in [1.165, 1.54) is 23.0 Å².